The van der Waals surface area contributed by atoms with Crippen LogP contribution in [0.5, 0.6) is 0 Å². The Labute approximate surface area is 146 Å². The van der Waals surface area contributed by atoms with Gasteiger partial charge in [0.1, 0.15) is 0 Å². The molecule has 0 unspecified atom stereocenters. The molecule has 0 bridgehead atoms. The van der Waals surface area contributed by atoms with Crippen molar-refractivity contribution in [3.05, 3.63) is 29.8 Å². The molecule has 0 N–H and O–H groups in total. The number of benzene rings is 1. The van der Waals surface area contributed by atoms with Crippen molar-refractivity contribution >= 4 is 17.5 Å². The highest BCUT2D eigenvalue weighted by Gasteiger charge is 2.16. The summed E-state index contributed by atoms with van der Waals surface area (Å²) in [4.78, 5) is 30.0. The van der Waals surface area contributed by atoms with Crippen molar-refractivity contribution in [3.8, 4) is 0 Å². The Balaban J connectivity index is 2.61. The van der Waals surface area contributed by atoms with Gasteiger partial charge in [-0.15, -0.1) is 0 Å². The van der Waals surface area contributed by atoms with Gasteiger partial charge in [0.25, 0.3) is 0 Å². The third-order valence-corrected chi connectivity index (χ3v) is 4.00. The van der Waals surface area contributed by atoms with Gasteiger partial charge in [0.2, 0.25) is 11.8 Å². The predicted octanol–water partition coefficient (Wildman–Crippen LogP) is 2.54. The average Bonchev–Trinajstić information content (AvgIpc) is 2.50. The van der Waals surface area contributed by atoms with Crippen molar-refractivity contribution in [2.24, 2.45) is 0 Å². The number of carbonyl (C=O) groups is 2. The molecule has 5 nitrogen and oxygen atoms in total. The lowest BCUT2D eigenvalue weighted by Crippen LogP contribution is -2.37. The van der Waals surface area contributed by atoms with Gasteiger partial charge in [0, 0.05) is 38.7 Å². The molecule has 0 aliphatic rings. The number of amides is 2. The van der Waals surface area contributed by atoms with E-state index < -0.39 is 0 Å². The van der Waals surface area contributed by atoms with Crippen molar-refractivity contribution in [1.29, 1.82) is 0 Å². The lowest BCUT2D eigenvalue weighted by Gasteiger charge is -2.25. The van der Waals surface area contributed by atoms with Crippen molar-refractivity contribution in [3.63, 3.8) is 0 Å². The van der Waals surface area contributed by atoms with E-state index in [9.17, 15) is 9.59 Å². The minimum Gasteiger partial charge on any atom is -0.342 e. The second kappa shape index (κ2) is 10.1. The smallest absolute Gasteiger partial charge is 0.228 e. The molecule has 24 heavy (non-hydrogen) atoms. The Kier molecular flexibility index (Phi) is 8.47. The van der Waals surface area contributed by atoms with Crippen LogP contribution in [0.2, 0.25) is 0 Å². The summed E-state index contributed by atoms with van der Waals surface area (Å²) in [6, 6.07) is 7.95. The Morgan fingerprint density at radius 3 is 2.33 bits per heavy atom. The summed E-state index contributed by atoms with van der Waals surface area (Å²) in [5, 5.41) is 0. The largest absolute Gasteiger partial charge is 0.342 e. The second-order valence-electron chi connectivity index (χ2n) is 6.39. The first kappa shape index (κ1) is 20.2. The Morgan fingerprint density at radius 2 is 1.79 bits per heavy atom. The van der Waals surface area contributed by atoms with Crippen LogP contribution >= 0.6 is 0 Å². The summed E-state index contributed by atoms with van der Waals surface area (Å²) < 4.78 is 0. The van der Waals surface area contributed by atoms with Crippen LogP contribution in [0.4, 0.5) is 5.69 Å². The van der Waals surface area contributed by atoms with Gasteiger partial charge in [0.15, 0.2) is 0 Å². The van der Waals surface area contributed by atoms with Crippen molar-refractivity contribution in [1.82, 2.24) is 9.80 Å². The van der Waals surface area contributed by atoms with E-state index in [-0.39, 0.29) is 11.8 Å². The monoisotopic (exact) mass is 333 g/mol. The normalized spacial score (nSPS) is 10.8. The van der Waals surface area contributed by atoms with E-state index in [1.165, 1.54) is 0 Å². The zero-order valence-electron chi connectivity index (χ0n) is 15.7. The molecular weight excluding hydrogens is 302 g/mol. The molecule has 0 saturated heterocycles. The Hall–Kier alpha value is -1.88. The van der Waals surface area contributed by atoms with Gasteiger partial charge in [-0.05, 0) is 58.6 Å². The van der Waals surface area contributed by atoms with Crippen LogP contribution in [-0.4, -0.2) is 61.9 Å². The van der Waals surface area contributed by atoms with Crippen molar-refractivity contribution in [2.45, 2.75) is 33.6 Å². The van der Waals surface area contributed by atoms with E-state index in [2.05, 4.69) is 4.90 Å². The summed E-state index contributed by atoms with van der Waals surface area (Å²) in [7, 11) is 4.03. The number of hydrogen-bond donors (Lipinski definition) is 0. The number of rotatable bonds is 9. The summed E-state index contributed by atoms with van der Waals surface area (Å²) >= 11 is 0. The molecule has 5 heteroatoms. The first-order chi connectivity index (χ1) is 11.3. The van der Waals surface area contributed by atoms with E-state index in [1.807, 2.05) is 52.2 Å². The molecule has 0 radical (unpaired) electrons. The maximum atomic E-state index is 12.6. The summed E-state index contributed by atoms with van der Waals surface area (Å²) in [5.41, 5.74) is 2.05. The van der Waals surface area contributed by atoms with Crippen LogP contribution in [0.1, 0.15) is 32.3 Å². The highest BCUT2D eigenvalue weighted by Crippen LogP contribution is 2.17. The van der Waals surface area contributed by atoms with Crippen LogP contribution in [0, 0.1) is 6.92 Å². The quantitative estimate of drug-likeness (QED) is 0.697. The lowest BCUT2D eigenvalue weighted by atomic mass is 10.2. The number of carbonyl (C=O) groups excluding carboxylic acids is 2. The summed E-state index contributed by atoms with van der Waals surface area (Å²) in [6.45, 7) is 8.29. The number of nitrogens with zero attached hydrogens (tertiary/aromatic N) is 3. The highest BCUT2D eigenvalue weighted by atomic mass is 16.2. The molecule has 0 atom stereocenters. The lowest BCUT2D eigenvalue weighted by molar-refractivity contribution is -0.129. The highest BCUT2D eigenvalue weighted by molar-refractivity contribution is 5.93. The number of hydrogen-bond acceptors (Lipinski definition) is 3. The van der Waals surface area contributed by atoms with Crippen LogP contribution in [0.3, 0.4) is 0 Å². The van der Waals surface area contributed by atoms with Gasteiger partial charge in [-0.2, -0.15) is 0 Å². The molecule has 0 spiro atoms. The molecule has 1 rings (SSSR count). The second-order valence-corrected chi connectivity index (χ2v) is 6.39. The van der Waals surface area contributed by atoms with E-state index >= 15 is 0 Å². The maximum absolute atomic E-state index is 12.6. The molecular formula is C19H31N3O2. The topological polar surface area (TPSA) is 43.9 Å². The van der Waals surface area contributed by atoms with Gasteiger partial charge in [0.05, 0.1) is 0 Å². The van der Waals surface area contributed by atoms with E-state index in [0.717, 1.165) is 24.2 Å². The van der Waals surface area contributed by atoms with Crippen molar-refractivity contribution in [2.75, 3.05) is 45.2 Å². The molecule has 1 aromatic carbocycles. The maximum Gasteiger partial charge on any atom is 0.228 e. The minimum atomic E-state index is 0.0279. The van der Waals surface area contributed by atoms with E-state index in [1.54, 1.807) is 16.7 Å². The third-order valence-electron chi connectivity index (χ3n) is 4.00. The average molecular weight is 333 g/mol. The Bertz CT molecular complexity index is 543. The van der Waals surface area contributed by atoms with Crippen LogP contribution < -0.4 is 4.90 Å². The fourth-order valence-electron chi connectivity index (χ4n) is 2.67. The molecule has 0 fully saturated rings. The molecule has 0 aliphatic carbocycles. The first-order valence-electron chi connectivity index (χ1n) is 8.62. The summed E-state index contributed by atoms with van der Waals surface area (Å²) in [5.74, 6) is 0.0853. The van der Waals surface area contributed by atoms with Gasteiger partial charge in [-0.25, -0.2) is 0 Å². The van der Waals surface area contributed by atoms with Crippen LogP contribution in [-0.2, 0) is 9.59 Å². The van der Waals surface area contributed by atoms with E-state index in [4.69, 9.17) is 0 Å². The Morgan fingerprint density at radius 1 is 1.08 bits per heavy atom. The molecule has 0 saturated carbocycles. The summed E-state index contributed by atoms with van der Waals surface area (Å²) in [6.07, 6.45) is 1.26. The molecule has 2 amide bonds. The predicted molar refractivity (Wildman–Crippen MR) is 99.2 cm³/mol. The van der Waals surface area contributed by atoms with Crippen molar-refractivity contribution < 1.29 is 9.59 Å². The molecule has 134 valence electrons. The number of aryl methyl sites for hydroxylation is 1. The zero-order valence-corrected chi connectivity index (χ0v) is 15.7. The third kappa shape index (κ3) is 6.71. The number of anilines is 1. The fraction of sp³-hybridized carbons (Fsp3) is 0.579. The van der Waals surface area contributed by atoms with E-state index in [0.29, 0.717) is 26.1 Å². The molecule has 0 aromatic heterocycles. The zero-order chi connectivity index (χ0) is 18.1. The first-order valence-corrected chi connectivity index (χ1v) is 8.62. The molecule has 0 heterocycles. The van der Waals surface area contributed by atoms with Gasteiger partial charge >= 0.3 is 0 Å². The fourth-order valence-corrected chi connectivity index (χ4v) is 2.67. The molecule has 1 aromatic rings. The minimum absolute atomic E-state index is 0.0279. The van der Waals surface area contributed by atoms with Crippen LogP contribution in [0.15, 0.2) is 24.3 Å². The van der Waals surface area contributed by atoms with Gasteiger partial charge < -0.3 is 14.7 Å². The van der Waals surface area contributed by atoms with Gasteiger partial charge in [-0.1, -0.05) is 12.1 Å². The van der Waals surface area contributed by atoms with Crippen LogP contribution in [0.25, 0.3) is 0 Å². The molecule has 0 aliphatic heterocycles. The van der Waals surface area contributed by atoms with Gasteiger partial charge in [-0.3, -0.25) is 9.59 Å². The SMILES string of the molecule is CCN(C(=O)CCN(CCCN(C)C)C(C)=O)c1cccc(C)c1. The standard InChI is InChI=1S/C19H31N3O2/c1-6-22(18-10-7-9-16(2)15-18)19(24)11-14-21(17(3)23)13-8-12-20(4)5/h7,9-10,15H,6,8,11-14H2,1-5H3.